The van der Waals surface area contributed by atoms with Crippen LogP contribution in [0.4, 0.5) is 5.13 Å². The second kappa shape index (κ2) is 5.38. The van der Waals surface area contributed by atoms with Gasteiger partial charge < -0.3 is 4.90 Å². The molecule has 0 aromatic carbocycles. The Hall–Kier alpha value is -0.660. The molecule has 5 nitrogen and oxygen atoms in total. The van der Waals surface area contributed by atoms with Crippen LogP contribution in [0.1, 0.15) is 39.5 Å². The van der Waals surface area contributed by atoms with E-state index in [1.807, 2.05) is 0 Å². The van der Waals surface area contributed by atoms with E-state index in [2.05, 4.69) is 23.7 Å². The van der Waals surface area contributed by atoms with E-state index >= 15 is 0 Å². The van der Waals surface area contributed by atoms with E-state index in [1.165, 1.54) is 36.8 Å². The van der Waals surface area contributed by atoms with Gasteiger partial charge in [0.15, 0.2) is 9.34 Å². The minimum atomic E-state index is -3.63. The van der Waals surface area contributed by atoms with Gasteiger partial charge in [0.1, 0.15) is 0 Å². The molecule has 1 aliphatic rings. The fourth-order valence-corrected chi connectivity index (χ4v) is 4.38. The highest BCUT2D eigenvalue weighted by Gasteiger charge is 2.31. The van der Waals surface area contributed by atoms with Crippen LogP contribution in [0.3, 0.4) is 0 Å². The highest BCUT2D eigenvalue weighted by Crippen LogP contribution is 2.37. The summed E-state index contributed by atoms with van der Waals surface area (Å²) in [4.78, 5) is 6.41. The third kappa shape index (κ3) is 3.46. The summed E-state index contributed by atoms with van der Waals surface area (Å²) < 4.78 is 22.7. The number of rotatable bonds is 4. The molecular weight excluding hydrogens is 282 g/mol. The van der Waals surface area contributed by atoms with Gasteiger partial charge in [0.25, 0.3) is 0 Å². The van der Waals surface area contributed by atoms with Gasteiger partial charge in [0.2, 0.25) is 10.0 Å². The number of primary sulfonamides is 1. The highest BCUT2D eigenvalue weighted by molar-refractivity contribution is 7.91. The monoisotopic (exact) mass is 303 g/mol. The highest BCUT2D eigenvalue weighted by atomic mass is 32.2. The molecule has 0 saturated carbocycles. The summed E-state index contributed by atoms with van der Waals surface area (Å²) in [5.74, 6) is 0. The molecule has 7 heteroatoms. The van der Waals surface area contributed by atoms with Gasteiger partial charge >= 0.3 is 0 Å². The third-order valence-electron chi connectivity index (χ3n) is 3.66. The summed E-state index contributed by atoms with van der Waals surface area (Å²) in [6.45, 7) is 6.39. The predicted molar refractivity (Wildman–Crippen MR) is 77.9 cm³/mol. The van der Waals surface area contributed by atoms with Crippen molar-refractivity contribution in [2.45, 2.75) is 43.7 Å². The van der Waals surface area contributed by atoms with Crippen LogP contribution in [-0.4, -0.2) is 26.5 Å². The number of nitrogens with two attached hydrogens (primary N) is 1. The normalized spacial score (nSPS) is 24.7. The first-order chi connectivity index (χ1) is 8.84. The van der Waals surface area contributed by atoms with Crippen molar-refractivity contribution < 1.29 is 8.42 Å². The molecule has 1 unspecified atom stereocenters. The molecule has 0 amide bonds. The molecule has 2 heterocycles. The quantitative estimate of drug-likeness (QED) is 0.925. The lowest BCUT2D eigenvalue weighted by Gasteiger charge is -2.40. The minimum Gasteiger partial charge on any atom is -0.348 e. The summed E-state index contributed by atoms with van der Waals surface area (Å²) in [6, 6.07) is 0. The topological polar surface area (TPSA) is 76.3 Å². The summed E-state index contributed by atoms with van der Waals surface area (Å²) in [5, 5.41) is 5.89. The Balaban J connectivity index is 2.16. The van der Waals surface area contributed by atoms with E-state index in [0.29, 0.717) is 5.41 Å². The number of hydrogen-bond donors (Lipinski definition) is 1. The standard InChI is InChI=1S/C12H21N3O2S2/c1-3-5-12(2)6-4-7-15(9-12)11-14-8-10(18-11)19(13,16)17/h8H,3-7,9H2,1-2H3,(H2,13,16,17). The molecule has 0 radical (unpaired) electrons. The van der Waals surface area contributed by atoms with Crippen molar-refractivity contribution in [1.82, 2.24) is 4.98 Å². The van der Waals surface area contributed by atoms with Gasteiger partial charge in [-0.15, -0.1) is 0 Å². The molecule has 2 N–H and O–H groups in total. The Labute approximate surface area is 118 Å². The van der Waals surface area contributed by atoms with Crippen LogP contribution in [0.2, 0.25) is 0 Å². The van der Waals surface area contributed by atoms with Gasteiger partial charge in [0, 0.05) is 13.1 Å². The Bertz CT molecular complexity index is 537. The third-order valence-corrected chi connectivity index (χ3v) is 6.12. The predicted octanol–water partition coefficient (Wildman–Crippen LogP) is 2.20. The molecule has 0 spiro atoms. The lowest BCUT2D eigenvalue weighted by molar-refractivity contribution is 0.239. The van der Waals surface area contributed by atoms with Crippen LogP contribution in [0.25, 0.3) is 0 Å². The Kier molecular flexibility index (Phi) is 4.17. The second-order valence-electron chi connectivity index (χ2n) is 5.59. The number of anilines is 1. The van der Waals surface area contributed by atoms with E-state index in [9.17, 15) is 8.42 Å². The van der Waals surface area contributed by atoms with Gasteiger partial charge in [0.05, 0.1) is 6.20 Å². The van der Waals surface area contributed by atoms with Crippen LogP contribution in [-0.2, 0) is 10.0 Å². The maximum absolute atomic E-state index is 11.3. The second-order valence-corrected chi connectivity index (χ2v) is 8.39. The number of piperidine rings is 1. The van der Waals surface area contributed by atoms with Crippen molar-refractivity contribution in [2.75, 3.05) is 18.0 Å². The molecule has 0 aliphatic carbocycles. The Morgan fingerprint density at radius 2 is 2.32 bits per heavy atom. The molecule has 1 saturated heterocycles. The fraction of sp³-hybridized carbons (Fsp3) is 0.750. The number of aromatic nitrogens is 1. The largest absolute Gasteiger partial charge is 0.348 e. The van der Waals surface area contributed by atoms with Gasteiger partial charge in [-0.05, 0) is 24.7 Å². The molecule has 1 fully saturated rings. The fourth-order valence-electron chi connectivity index (χ4n) is 2.81. The lowest BCUT2D eigenvalue weighted by Crippen LogP contribution is -2.41. The maximum Gasteiger partial charge on any atom is 0.249 e. The van der Waals surface area contributed by atoms with Crippen molar-refractivity contribution in [2.24, 2.45) is 10.6 Å². The van der Waals surface area contributed by atoms with Gasteiger partial charge in [-0.2, -0.15) is 0 Å². The van der Waals surface area contributed by atoms with Crippen LogP contribution in [0.15, 0.2) is 10.4 Å². The number of hydrogen-bond acceptors (Lipinski definition) is 5. The average Bonchev–Trinajstić information content (AvgIpc) is 2.77. The molecule has 1 aromatic rings. The van der Waals surface area contributed by atoms with Crippen molar-refractivity contribution in [3.05, 3.63) is 6.20 Å². The van der Waals surface area contributed by atoms with Crippen molar-refractivity contribution in [3.8, 4) is 0 Å². The smallest absolute Gasteiger partial charge is 0.249 e. The average molecular weight is 303 g/mol. The molecule has 2 rings (SSSR count). The first-order valence-electron chi connectivity index (χ1n) is 6.58. The first kappa shape index (κ1) is 14.7. The molecule has 1 aliphatic heterocycles. The van der Waals surface area contributed by atoms with Crippen LogP contribution in [0, 0.1) is 5.41 Å². The van der Waals surface area contributed by atoms with Gasteiger partial charge in [-0.1, -0.05) is 31.6 Å². The molecule has 1 aromatic heterocycles. The zero-order valence-electron chi connectivity index (χ0n) is 11.4. The summed E-state index contributed by atoms with van der Waals surface area (Å²) >= 11 is 1.17. The molecule has 108 valence electrons. The molecule has 19 heavy (non-hydrogen) atoms. The number of thiazole rings is 1. The summed E-state index contributed by atoms with van der Waals surface area (Å²) in [5.41, 5.74) is 0.306. The first-order valence-corrected chi connectivity index (χ1v) is 8.94. The summed E-state index contributed by atoms with van der Waals surface area (Å²) in [6.07, 6.45) is 6.08. The van der Waals surface area contributed by atoms with Crippen LogP contribution < -0.4 is 10.0 Å². The number of nitrogens with zero attached hydrogens (tertiary/aromatic N) is 2. The van der Waals surface area contributed by atoms with E-state index in [-0.39, 0.29) is 4.21 Å². The molecule has 0 bridgehead atoms. The SMILES string of the molecule is CCCC1(C)CCCN(c2ncc(S(N)(=O)=O)s2)C1. The van der Waals surface area contributed by atoms with Crippen LogP contribution in [0.5, 0.6) is 0 Å². The van der Waals surface area contributed by atoms with E-state index in [4.69, 9.17) is 5.14 Å². The van der Waals surface area contributed by atoms with E-state index in [0.717, 1.165) is 24.6 Å². The minimum absolute atomic E-state index is 0.144. The van der Waals surface area contributed by atoms with Crippen molar-refractivity contribution in [3.63, 3.8) is 0 Å². The Morgan fingerprint density at radius 3 is 2.89 bits per heavy atom. The number of sulfonamides is 1. The van der Waals surface area contributed by atoms with E-state index in [1.54, 1.807) is 0 Å². The van der Waals surface area contributed by atoms with Crippen molar-refractivity contribution in [1.29, 1.82) is 0 Å². The van der Waals surface area contributed by atoms with E-state index < -0.39 is 10.0 Å². The maximum atomic E-state index is 11.3. The van der Waals surface area contributed by atoms with Crippen LogP contribution >= 0.6 is 11.3 Å². The van der Waals surface area contributed by atoms with Gasteiger partial charge in [-0.25, -0.2) is 18.5 Å². The lowest BCUT2D eigenvalue weighted by atomic mass is 9.78. The zero-order chi connectivity index (χ0) is 14.1. The molecular formula is C12H21N3O2S2. The molecule has 1 atom stereocenters. The zero-order valence-corrected chi connectivity index (χ0v) is 13.1. The Morgan fingerprint density at radius 1 is 1.58 bits per heavy atom. The van der Waals surface area contributed by atoms with Crippen molar-refractivity contribution >= 4 is 26.5 Å². The summed E-state index contributed by atoms with van der Waals surface area (Å²) in [7, 11) is -3.63. The van der Waals surface area contributed by atoms with Gasteiger partial charge in [-0.3, -0.25) is 0 Å².